The van der Waals surface area contributed by atoms with Crippen LogP contribution in [-0.2, 0) is 21.4 Å². The van der Waals surface area contributed by atoms with Crippen LogP contribution in [0.2, 0.25) is 0 Å². The van der Waals surface area contributed by atoms with Crippen LogP contribution in [0.4, 0.5) is 0 Å². The van der Waals surface area contributed by atoms with E-state index >= 15 is 0 Å². The number of hydrogen-bond acceptors (Lipinski definition) is 6. The fourth-order valence-electron chi connectivity index (χ4n) is 4.83. The van der Waals surface area contributed by atoms with Crippen LogP contribution < -0.4 is 4.74 Å². The molecule has 0 N–H and O–H groups in total. The highest BCUT2D eigenvalue weighted by molar-refractivity contribution is 7.89. The molecule has 1 unspecified atom stereocenters. The van der Waals surface area contributed by atoms with Crippen LogP contribution in [0.25, 0.3) is 10.8 Å². The third-order valence-electron chi connectivity index (χ3n) is 7.11. The average Bonchev–Trinajstić information content (AvgIpc) is 2.99. The molecule has 1 fully saturated rings. The number of hydrogen-bond donors (Lipinski definition) is 0. The van der Waals surface area contributed by atoms with Crippen molar-refractivity contribution in [2.24, 2.45) is 0 Å². The van der Waals surface area contributed by atoms with Crippen LogP contribution in [0.1, 0.15) is 22.8 Å². The van der Waals surface area contributed by atoms with E-state index in [2.05, 4.69) is 11.0 Å². The summed E-state index contributed by atoms with van der Waals surface area (Å²) in [5.41, 5.74) is 2.59. The second-order valence-electron chi connectivity index (χ2n) is 9.60. The second-order valence-corrected chi connectivity index (χ2v) is 11.5. The third kappa shape index (κ3) is 6.29. The molecule has 4 aromatic rings. The van der Waals surface area contributed by atoms with Gasteiger partial charge in [0.1, 0.15) is 5.75 Å². The number of methoxy groups -OCH3 is 1. The summed E-state index contributed by atoms with van der Waals surface area (Å²) < 4.78 is 40.2. The largest absolute Gasteiger partial charge is 0.497 e. The minimum atomic E-state index is -3.58. The van der Waals surface area contributed by atoms with Crippen LogP contribution in [0.15, 0.2) is 95.9 Å². The van der Waals surface area contributed by atoms with Gasteiger partial charge in [-0.2, -0.15) is 9.57 Å². The highest BCUT2D eigenvalue weighted by atomic mass is 32.2. The third-order valence-corrected chi connectivity index (χ3v) is 9.01. The Labute approximate surface area is 229 Å². The van der Waals surface area contributed by atoms with Crippen molar-refractivity contribution in [3.8, 4) is 11.8 Å². The van der Waals surface area contributed by atoms with Crippen molar-refractivity contribution in [3.05, 3.63) is 108 Å². The molecule has 8 heteroatoms. The number of sulfonamides is 1. The summed E-state index contributed by atoms with van der Waals surface area (Å²) in [7, 11) is -1.94. The van der Waals surface area contributed by atoms with E-state index in [4.69, 9.17) is 14.7 Å². The molecular formula is C31H31N3O4S. The van der Waals surface area contributed by atoms with Gasteiger partial charge in [-0.3, -0.25) is 4.90 Å². The van der Waals surface area contributed by atoms with Gasteiger partial charge in [-0.1, -0.05) is 54.6 Å². The first-order valence-corrected chi connectivity index (χ1v) is 14.4. The summed E-state index contributed by atoms with van der Waals surface area (Å²) >= 11 is 0. The number of nitrogens with zero attached hydrogens (tertiary/aromatic N) is 3. The summed E-state index contributed by atoms with van der Waals surface area (Å²) in [5, 5.41) is 11.0. The Balaban J connectivity index is 1.27. The van der Waals surface area contributed by atoms with Gasteiger partial charge in [0.2, 0.25) is 10.0 Å². The molecule has 1 aliphatic rings. The quantitative estimate of drug-likeness (QED) is 0.297. The van der Waals surface area contributed by atoms with E-state index in [1.165, 1.54) is 0 Å². The van der Waals surface area contributed by atoms with Crippen LogP contribution in [0.5, 0.6) is 5.75 Å². The van der Waals surface area contributed by atoms with E-state index in [1.54, 1.807) is 35.7 Å². The van der Waals surface area contributed by atoms with Crippen LogP contribution >= 0.6 is 0 Å². The molecule has 1 atom stereocenters. The molecule has 0 radical (unpaired) electrons. The number of nitriles is 1. The maximum atomic E-state index is 13.4. The topological polar surface area (TPSA) is 82.9 Å². The van der Waals surface area contributed by atoms with E-state index in [0.29, 0.717) is 49.8 Å². The number of rotatable bonds is 9. The number of benzene rings is 4. The predicted octanol–water partition coefficient (Wildman–Crippen LogP) is 4.98. The molecule has 7 nitrogen and oxygen atoms in total. The first-order valence-electron chi connectivity index (χ1n) is 12.9. The van der Waals surface area contributed by atoms with Gasteiger partial charge in [-0.25, -0.2) is 8.42 Å². The lowest BCUT2D eigenvalue weighted by atomic mass is 10.1. The Morgan fingerprint density at radius 1 is 0.872 bits per heavy atom. The minimum absolute atomic E-state index is 0.237. The molecular weight excluding hydrogens is 510 g/mol. The maximum Gasteiger partial charge on any atom is 0.243 e. The van der Waals surface area contributed by atoms with E-state index in [1.807, 2.05) is 66.7 Å². The summed E-state index contributed by atoms with van der Waals surface area (Å²) in [6.45, 7) is 3.05. The fraction of sp³-hybridized carbons (Fsp3) is 0.258. The monoisotopic (exact) mass is 541 g/mol. The molecule has 5 rings (SSSR count). The molecule has 39 heavy (non-hydrogen) atoms. The Kier molecular flexibility index (Phi) is 8.24. The van der Waals surface area contributed by atoms with Crippen LogP contribution in [-0.4, -0.2) is 57.5 Å². The molecule has 0 aromatic heterocycles. The maximum absolute atomic E-state index is 13.4. The van der Waals surface area contributed by atoms with Gasteiger partial charge in [0.25, 0.3) is 0 Å². The highest BCUT2D eigenvalue weighted by Gasteiger charge is 2.30. The first-order chi connectivity index (χ1) is 19.0. The molecule has 4 aromatic carbocycles. The molecule has 0 aliphatic carbocycles. The van der Waals surface area contributed by atoms with E-state index in [-0.39, 0.29) is 6.10 Å². The van der Waals surface area contributed by atoms with Crippen molar-refractivity contribution in [2.45, 2.75) is 17.6 Å². The van der Waals surface area contributed by atoms with Gasteiger partial charge in [0.15, 0.2) is 0 Å². The predicted molar refractivity (Wildman–Crippen MR) is 151 cm³/mol. The van der Waals surface area contributed by atoms with Gasteiger partial charge in [-0.15, -0.1) is 0 Å². The Morgan fingerprint density at radius 2 is 1.62 bits per heavy atom. The molecule has 0 bridgehead atoms. The average molecular weight is 542 g/mol. The standard InChI is InChI=1S/C31H31N3O4S/c1-37-29-8-4-7-28(19-29)31(38-23-25-11-9-24(21-32)10-12-25)22-33-15-17-34(18-16-33)39(35,36)30-14-13-26-5-2-3-6-27(26)20-30/h2-14,19-20,31H,15-18,22-23H2,1H3. The van der Waals surface area contributed by atoms with Gasteiger partial charge in [0.05, 0.1) is 36.3 Å². The van der Waals surface area contributed by atoms with Crippen LogP contribution in [0, 0.1) is 11.3 Å². The lowest BCUT2D eigenvalue weighted by Crippen LogP contribution is -2.49. The normalized spacial score (nSPS) is 15.6. The lowest BCUT2D eigenvalue weighted by molar-refractivity contribution is 0.00763. The Bertz CT molecular complexity index is 1570. The smallest absolute Gasteiger partial charge is 0.243 e. The zero-order valence-electron chi connectivity index (χ0n) is 21.9. The second kappa shape index (κ2) is 12.0. The number of ether oxygens (including phenoxy) is 2. The van der Waals surface area contributed by atoms with Crippen molar-refractivity contribution in [2.75, 3.05) is 39.8 Å². The molecule has 1 aliphatic heterocycles. The van der Waals surface area contributed by atoms with Gasteiger partial charge < -0.3 is 9.47 Å². The zero-order chi connectivity index (χ0) is 27.2. The fourth-order valence-corrected chi connectivity index (χ4v) is 6.29. The summed E-state index contributed by atoms with van der Waals surface area (Å²) in [6, 6.07) is 30.4. The lowest BCUT2D eigenvalue weighted by Gasteiger charge is -2.36. The van der Waals surface area contributed by atoms with Crippen LogP contribution in [0.3, 0.4) is 0 Å². The van der Waals surface area contributed by atoms with Gasteiger partial charge in [-0.05, 0) is 58.3 Å². The van der Waals surface area contributed by atoms with Crippen molar-refractivity contribution in [3.63, 3.8) is 0 Å². The molecule has 1 heterocycles. The van der Waals surface area contributed by atoms with Crippen molar-refractivity contribution in [1.29, 1.82) is 5.26 Å². The van der Waals surface area contributed by atoms with Crippen molar-refractivity contribution in [1.82, 2.24) is 9.21 Å². The molecule has 0 amide bonds. The molecule has 1 saturated heterocycles. The summed E-state index contributed by atoms with van der Waals surface area (Å²) in [6.07, 6.45) is -0.237. The van der Waals surface area contributed by atoms with E-state index in [9.17, 15) is 8.42 Å². The Hall–Kier alpha value is -3.74. The number of piperazine rings is 1. The van der Waals surface area contributed by atoms with Gasteiger partial charge in [0, 0.05) is 32.7 Å². The first kappa shape index (κ1) is 26.9. The summed E-state index contributed by atoms with van der Waals surface area (Å²) in [4.78, 5) is 2.57. The van der Waals surface area contributed by atoms with Gasteiger partial charge >= 0.3 is 0 Å². The van der Waals surface area contributed by atoms with E-state index < -0.39 is 10.0 Å². The molecule has 0 saturated carbocycles. The SMILES string of the molecule is COc1cccc(C(CN2CCN(S(=O)(=O)c3ccc4ccccc4c3)CC2)OCc2ccc(C#N)cc2)c1. The number of fused-ring (bicyclic) bond motifs is 1. The minimum Gasteiger partial charge on any atom is -0.497 e. The summed E-state index contributed by atoms with van der Waals surface area (Å²) in [5.74, 6) is 0.755. The molecule has 200 valence electrons. The van der Waals surface area contributed by atoms with Crippen molar-refractivity contribution >= 4 is 20.8 Å². The van der Waals surface area contributed by atoms with Crippen molar-refractivity contribution < 1.29 is 17.9 Å². The Morgan fingerprint density at radius 3 is 2.33 bits per heavy atom. The molecule has 0 spiro atoms. The highest BCUT2D eigenvalue weighted by Crippen LogP contribution is 2.27. The zero-order valence-corrected chi connectivity index (χ0v) is 22.7. The van der Waals surface area contributed by atoms with E-state index in [0.717, 1.165) is 27.6 Å².